The fraction of sp³-hybridized carbons (Fsp3) is 0.294. The number of thioether (sulfide) groups is 1. The Kier molecular flexibility index (Phi) is 3.37. The Morgan fingerprint density at radius 3 is 2.70 bits per heavy atom. The number of hydrogen-bond donors (Lipinski definition) is 0. The molecule has 1 saturated carbocycles. The average molecular weight is 331 g/mol. The van der Waals surface area contributed by atoms with Crippen LogP contribution in [-0.4, -0.2) is 20.8 Å². The summed E-state index contributed by atoms with van der Waals surface area (Å²) < 4.78 is 29.9. The summed E-state index contributed by atoms with van der Waals surface area (Å²) in [7, 11) is 0. The molecule has 0 amide bonds. The lowest BCUT2D eigenvalue weighted by atomic mass is 10.1. The van der Waals surface area contributed by atoms with Crippen LogP contribution in [0.3, 0.4) is 0 Å². The molecule has 0 atom stereocenters. The third kappa shape index (κ3) is 2.24. The van der Waals surface area contributed by atoms with E-state index in [-0.39, 0.29) is 11.6 Å². The molecule has 1 fully saturated rings. The second-order valence-corrected chi connectivity index (χ2v) is 6.63. The van der Waals surface area contributed by atoms with Crippen molar-refractivity contribution in [1.29, 1.82) is 0 Å². The molecule has 4 rings (SSSR count). The van der Waals surface area contributed by atoms with Gasteiger partial charge in [0.2, 0.25) is 0 Å². The number of nitrogens with zero attached hydrogens (tertiary/aromatic N) is 3. The summed E-state index contributed by atoms with van der Waals surface area (Å²) in [6, 6.07) is 2.86. The first-order valence-corrected chi connectivity index (χ1v) is 8.69. The van der Waals surface area contributed by atoms with Crippen LogP contribution >= 0.6 is 11.8 Å². The highest BCUT2D eigenvalue weighted by molar-refractivity contribution is 7.98. The summed E-state index contributed by atoms with van der Waals surface area (Å²) in [6.45, 7) is 2.01. The quantitative estimate of drug-likeness (QED) is 0.649. The van der Waals surface area contributed by atoms with Crippen molar-refractivity contribution in [2.45, 2.75) is 30.7 Å². The van der Waals surface area contributed by atoms with E-state index in [0.29, 0.717) is 11.3 Å². The Morgan fingerprint density at radius 2 is 2.00 bits per heavy atom. The van der Waals surface area contributed by atoms with E-state index in [1.807, 2.05) is 23.9 Å². The van der Waals surface area contributed by atoms with E-state index in [9.17, 15) is 8.78 Å². The van der Waals surface area contributed by atoms with Gasteiger partial charge < -0.3 is 4.57 Å². The molecule has 0 N–H and O–H groups in total. The topological polar surface area (TPSA) is 30.7 Å². The van der Waals surface area contributed by atoms with Gasteiger partial charge in [-0.05, 0) is 43.7 Å². The van der Waals surface area contributed by atoms with Crippen LogP contribution < -0.4 is 0 Å². The van der Waals surface area contributed by atoms with Gasteiger partial charge in [0.25, 0.3) is 0 Å². The van der Waals surface area contributed by atoms with Crippen molar-refractivity contribution in [3.8, 4) is 11.4 Å². The number of fused-ring (bicyclic) bond motifs is 1. The van der Waals surface area contributed by atoms with Crippen LogP contribution in [0.1, 0.15) is 24.4 Å². The van der Waals surface area contributed by atoms with E-state index in [2.05, 4.69) is 9.97 Å². The minimum Gasteiger partial charge on any atom is -0.318 e. The van der Waals surface area contributed by atoms with Crippen LogP contribution in [-0.2, 0) is 0 Å². The molecule has 6 heteroatoms. The molecule has 3 nitrogen and oxygen atoms in total. The summed E-state index contributed by atoms with van der Waals surface area (Å²) in [4.78, 5) is 9.93. The molecule has 0 bridgehead atoms. The average Bonchev–Trinajstić information content (AvgIpc) is 3.32. The number of benzene rings is 1. The zero-order chi connectivity index (χ0) is 16.1. The largest absolute Gasteiger partial charge is 0.318 e. The molecule has 0 spiro atoms. The van der Waals surface area contributed by atoms with Crippen molar-refractivity contribution in [2.75, 3.05) is 6.26 Å². The van der Waals surface area contributed by atoms with E-state index < -0.39 is 11.6 Å². The molecule has 0 saturated heterocycles. The minimum atomic E-state index is -0.835. The van der Waals surface area contributed by atoms with Gasteiger partial charge in [0.05, 0.1) is 5.52 Å². The second kappa shape index (κ2) is 5.30. The standard InChI is InChI=1S/C17H15F2N3S/c1-9-11(7-20-8-14(9)23-2)17-21-13-6-5-12(18)15(19)16(13)22(17)10-3-4-10/h5-8,10H,3-4H2,1-2H3. The zero-order valence-corrected chi connectivity index (χ0v) is 13.6. The third-order valence-electron chi connectivity index (χ3n) is 4.29. The SMILES string of the molecule is CSc1cncc(-c2nc3ccc(F)c(F)c3n2C2CC2)c1C. The normalized spacial score (nSPS) is 14.6. The van der Waals surface area contributed by atoms with Crippen LogP contribution in [0.5, 0.6) is 0 Å². The van der Waals surface area contributed by atoms with Crippen LogP contribution in [0.4, 0.5) is 8.78 Å². The Labute approximate surface area is 136 Å². The molecule has 0 aliphatic heterocycles. The van der Waals surface area contributed by atoms with E-state index >= 15 is 0 Å². The second-order valence-electron chi connectivity index (χ2n) is 5.78. The smallest absolute Gasteiger partial charge is 0.184 e. The number of halogens is 2. The van der Waals surface area contributed by atoms with Gasteiger partial charge in [-0.2, -0.15) is 0 Å². The first-order valence-electron chi connectivity index (χ1n) is 7.46. The molecule has 23 heavy (non-hydrogen) atoms. The Hall–Kier alpha value is -1.95. The first kappa shape index (κ1) is 14.6. The fourth-order valence-corrected chi connectivity index (χ4v) is 3.52. The predicted molar refractivity (Wildman–Crippen MR) is 87.7 cm³/mol. The van der Waals surface area contributed by atoms with Crippen molar-refractivity contribution in [2.24, 2.45) is 0 Å². The maximum absolute atomic E-state index is 14.4. The molecule has 118 valence electrons. The molecule has 1 aliphatic carbocycles. The van der Waals surface area contributed by atoms with E-state index in [0.717, 1.165) is 34.9 Å². The third-order valence-corrected chi connectivity index (χ3v) is 5.14. The molecule has 0 radical (unpaired) electrons. The highest BCUT2D eigenvalue weighted by atomic mass is 32.2. The number of pyridine rings is 1. The van der Waals surface area contributed by atoms with Gasteiger partial charge in [-0.25, -0.2) is 13.8 Å². The van der Waals surface area contributed by atoms with Gasteiger partial charge in [0.1, 0.15) is 11.3 Å². The number of imidazole rings is 1. The summed E-state index contributed by atoms with van der Waals surface area (Å²) in [5.74, 6) is -0.980. The van der Waals surface area contributed by atoms with Crippen molar-refractivity contribution < 1.29 is 8.78 Å². The molecule has 3 aromatic rings. The van der Waals surface area contributed by atoms with E-state index in [4.69, 9.17) is 0 Å². The van der Waals surface area contributed by atoms with Gasteiger partial charge in [0, 0.05) is 28.9 Å². The number of aromatic nitrogens is 3. The monoisotopic (exact) mass is 331 g/mol. The highest BCUT2D eigenvalue weighted by Crippen LogP contribution is 2.43. The van der Waals surface area contributed by atoms with Gasteiger partial charge in [0.15, 0.2) is 11.6 Å². The lowest BCUT2D eigenvalue weighted by Crippen LogP contribution is -2.01. The zero-order valence-electron chi connectivity index (χ0n) is 12.8. The van der Waals surface area contributed by atoms with Crippen molar-refractivity contribution in [3.05, 3.63) is 41.7 Å². The maximum Gasteiger partial charge on any atom is 0.184 e. The molecule has 2 heterocycles. The van der Waals surface area contributed by atoms with E-state index in [1.54, 1.807) is 18.0 Å². The molecule has 2 aromatic heterocycles. The van der Waals surface area contributed by atoms with Gasteiger partial charge in [-0.1, -0.05) is 0 Å². The summed E-state index contributed by atoms with van der Waals surface area (Å²) in [5.41, 5.74) is 2.68. The molecule has 1 aromatic carbocycles. The fourth-order valence-electron chi connectivity index (χ4n) is 2.94. The summed E-state index contributed by atoms with van der Waals surface area (Å²) in [6.07, 6.45) is 7.48. The predicted octanol–water partition coefficient (Wildman–Crippen LogP) is 4.74. The lowest BCUT2D eigenvalue weighted by molar-refractivity contribution is 0.511. The molecular weight excluding hydrogens is 316 g/mol. The van der Waals surface area contributed by atoms with Crippen LogP contribution in [0.15, 0.2) is 29.4 Å². The maximum atomic E-state index is 14.4. The van der Waals surface area contributed by atoms with Crippen molar-refractivity contribution >= 4 is 22.8 Å². The van der Waals surface area contributed by atoms with Crippen LogP contribution in [0, 0.1) is 18.6 Å². The van der Waals surface area contributed by atoms with Gasteiger partial charge in [-0.15, -0.1) is 11.8 Å². The molecule has 0 unspecified atom stereocenters. The number of rotatable bonds is 3. The van der Waals surface area contributed by atoms with Gasteiger partial charge >= 0.3 is 0 Å². The first-order chi connectivity index (χ1) is 11.1. The summed E-state index contributed by atoms with van der Waals surface area (Å²) >= 11 is 1.61. The van der Waals surface area contributed by atoms with Crippen molar-refractivity contribution in [1.82, 2.24) is 14.5 Å². The van der Waals surface area contributed by atoms with Gasteiger partial charge in [-0.3, -0.25) is 4.98 Å². The number of hydrogen-bond acceptors (Lipinski definition) is 3. The lowest BCUT2D eigenvalue weighted by Gasteiger charge is -2.12. The molecular formula is C17H15F2N3S. The Bertz CT molecular complexity index is 916. The van der Waals surface area contributed by atoms with Crippen LogP contribution in [0.2, 0.25) is 0 Å². The Morgan fingerprint density at radius 1 is 1.22 bits per heavy atom. The van der Waals surface area contributed by atoms with Crippen molar-refractivity contribution in [3.63, 3.8) is 0 Å². The highest BCUT2D eigenvalue weighted by Gasteiger charge is 2.31. The Balaban J connectivity index is 2.05. The molecule has 1 aliphatic rings. The van der Waals surface area contributed by atoms with Crippen LogP contribution in [0.25, 0.3) is 22.4 Å². The van der Waals surface area contributed by atoms with E-state index in [1.165, 1.54) is 6.07 Å². The minimum absolute atomic E-state index is 0.184. The summed E-state index contributed by atoms with van der Waals surface area (Å²) in [5, 5.41) is 0.